The van der Waals surface area contributed by atoms with Crippen molar-refractivity contribution in [3.63, 3.8) is 0 Å². The highest BCUT2D eigenvalue weighted by atomic mass is 16.5. The summed E-state index contributed by atoms with van der Waals surface area (Å²) in [5, 5.41) is 0. The summed E-state index contributed by atoms with van der Waals surface area (Å²) in [6.45, 7) is 1.77. The summed E-state index contributed by atoms with van der Waals surface area (Å²) in [6.07, 6.45) is 4.05. The van der Waals surface area contributed by atoms with E-state index in [0.717, 1.165) is 25.7 Å². The first-order valence-corrected chi connectivity index (χ1v) is 6.56. The number of esters is 1. The van der Waals surface area contributed by atoms with Crippen LogP contribution in [-0.4, -0.2) is 36.5 Å². The van der Waals surface area contributed by atoms with E-state index in [0.29, 0.717) is 5.76 Å². The molecule has 1 amide bonds. The number of nitrogens with zero attached hydrogens (tertiary/aromatic N) is 1. The zero-order valence-corrected chi connectivity index (χ0v) is 11.3. The lowest BCUT2D eigenvalue weighted by atomic mass is 10.2. The standard InChI is InChI=1S/C14H19NO4/c1-10-7-8-12(19-10)14(17)15(9-13(16)18-2)11-5-3-4-6-11/h7-8,11H,3-6,9H2,1-2H3. The molecule has 1 fully saturated rings. The minimum absolute atomic E-state index is 0.0141. The lowest BCUT2D eigenvalue weighted by molar-refractivity contribution is -0.141. The maximum Gasteiger partial charge on any atom is 0.325 e. The van der Waals surface area contributed by atoms with Gasteiger partial charge in [-0.25, -0.2) is 0 Å². The number of methoxy groups -OCH3 is 1. The van der Waals surface area contributed by atoms with Gasteiger partial charge in [0.25, 0.3) is 5.91 Å². The third-order valence-corrected chi connectivity index (χ3v) is 3.50. The topological polar surface area (TPSA) is 59.8 Å². The number of carbonyl (C=O) groups excluding carboxylic acids is 2. The second kappa shape index (κ2) is 5.91. The van der Waals surface area contributed by atoms with Crippen LogP contribution in [0, 0.1) is 6.92 Å². The van der Waals surface area contributed by atoms with Crippen molar-refractivity contribution < 1.29 is 18.7 Å². The predicted molar refractivity (Wildman–Crippen MR) is 68.8 cm³/mol. The Labute approximate surface area is 112 Å². The van der Waals surface area contributed by atoms with Crippen LogP contribution in [0.15, 0.2) is 16.5 Å². The summed E-state index contributed by atoms with van der Waals surface area (Å²) in [5.74, 6) is 0.343. The van der Waals surface area contributed by atoms with Crippen molar-refractivity contribution in [1.29, 1.82) is 0 Å². The van der Waals surface area contributed by atoms with Crippen LogP contribution in [-0.2, 0) is 9.53 Å². The van der Waals surface area contributed by atoms with Crippen LogP contribution < -0.4 is 0 Å². The molecular formula is C14H19NO4. The maximum absolute atomic E-state index is 12.4. The molecule has 0 bridgehead atoms. The molecule has 0 atom stereocenters. The predicted octanol–water partition coefficient (Wildman–Crippen LogP) is 2.15. The molecule has 5 nitrogen and oxygen atoms in total. The van der Waals surface area contributed by atoms with Crippen molar-refractivity contribution in [2.45, 2.75) is 38.6 Å². The second-order valence-electron chi connectivity index (χ2n) is 4.86. The third kappa shape index (κ3) is 3.16. The number of carbonyl (C=O) groups is 2. The average molecular weight is 265 g/mol. The molecule has 0 unspecified atom stereocenters. The molecule has 1 aromatic rings. The van der Waals surface area contributed by atoms with Crippen molar-refractivity contribution in [3.8, 4) is 0 Å². The minimum atomic E-state index is -0.400. The SMILES string of the molecule is COC(=O)CN(C(=O)c1ccc(C)o1)C1CCCC1. The van der Waals surface area contributed by atoms with E-state index in [-0.39, 0.29) is 24.3 Å². The van der Waals surface area contributed by atoms with Gasteiger partial charge in [-0.15, -0.1) is 0 Å². The smallest absolute Gasteiger partial charge is 0.325 e. The summed E-state index contributed by atoms with van der Waals surface area (Å²) in [4.78, 5) is 25.5. The zero-order valence-electron chi connectivity index (χ0n) is 11.3. The van der Waals surface area contributed by atoms with Gasteiger partial charge in [-0.1, -0.05) is 12.8 Å². The molecule has 1 aromatic heterocycles. The molecule has 0 radical (unpaired) electrons. The van der Waals surface area contributed by atoms with E-state index in [1.54, 1.807) is 24.0 Å². The number of aryl methyl sites for hydroxylation is 1. The lowest BCUT2D eigenvalue weighted by Gasteiger charge is -2.26. The fourth-order valence-corrected chi connectivity index (χ4v) is 2.48. The van der Waals surface area contributed by atoms with Gasteiger partial charge in [0.15, 0.2) is 5.76 Å². The van der Waals surface area contributed by atoms with Gasteiger partial charge in [-0.3, -0.25) is 9.59 Å². The largest absolute Gasteiger partial charge is 0.468 e. The zero-order chi connectivity index (χ0) is 13.8. The average Bonchev–Trinajstić information content (AvgIpc) is 3.05. The van der Waals surface area contributed by atoms with Crippen molar-refractivity contribution in [2.75, 3.05) is 13.7 Å². The Balaban J connectivity index is 2.15. The number of hydrogen-bond acceptors (Lipinski definition) is 4. The van der Waals surface area contributed by atoms with Gasteiger partial charge in [-0.2, -0.15) is 0 Å². The molecule has 19 heavy (non-hydrogen) atoms. The molecule has 1 aliphatic carbocycles. The maximum atomic E-state index is 12.4. The Kier molecular flexibility index (Phi) is 4.24. The highest BCUT2D eigenvalue weighted by molar-refractivity contribution is 5.93. The Bertz CT molecular complexity index is 460. The summed E-state index contributed by atoms with van der Waals surface area (Å²) in [7, 11) is 1.33. The van der Waals surface area contributed by atoms with Crippen LogP contribution in [0.1, 0.15) is 42.0 Å². The molecule has 0 aromatic carbocycles. The second-order valence-corrected chi connectivity index (χ2v) is 4.86. The van der Waals surface area contributed by atoms with Crippen LogP contribution >= 0.6 is 0 Å². The molecule has 0 saturated heterocycles. The molecule has 1 heterocycles. The van der Waals surface area contributed by atoms with Gasteiger partial charge >= 0.3 is 5.97 Å². The monoisotopic (exact) mass is 265 g/mol. The summed E-state index contributed by atoms with van der Waals surface area (Å²) in [6, 6.07) is 3.51. The minimum Gasteiger partial charge on any atom is -0.468 e. The van der Waals surface area contributed by atoms with E-state index in [4.69, 9.17) is 4.42 Å². The van der Waals surface area contributed by atoms with Gasteiger partial charge in [-0.05, 0) is 31.9 Å². The fourth-order valence-electron chi connectivity index (χ4n) is 2.48. The normalized spacial score (nSPS) is 15.5. The molecule has 104 valence electrons. The Morgan fingerprint density at radius 1 is 1.37 bits per heavy atom. The van der Waals surface area contributed by atoms with E-state index >= 15 is 0 Å². The molecule has 0 aliphatic heterocycles. The van der Waals surface area contributed by atoms with E-state index in [9.17, 15) is 9.59 Å². The Hall–Kier alpha value is -1.78. The van der Waals surface area contributed by atoms with Gasteiger partial charge in [0.05, 0.1) is 7.11 Å². The van der Waals surface area contributed by atoms with Crippen molar-refractivity contribution >= 4 is 11.9 Å². The van der Waals surface area contributed by atoms with Crippen LogP contribution in [0.2, 0.25) is 0 Å². The Morgan fingerprint density at radius 3 is 2.58 bits per heavy atom. The molecule has 0 N–H and O–H groups in total. The number of hydrogen-bond donors (Lipinski definition) is 0. The number of amides is 1. The van der Waals surface area contributed by atoms with E-state index in [2.05, 4.69) is 4.74 Å². The highest BCUT2D eigenvalue weighted by Gasteiger charge is 2.30. The lowest BCUT2D eigenvalue weighted by Crippen LogP contribution is -2.42. The summed E-state index contributed by atoms with van der Waals surface area (Å²) >= 11 is 0. The molecule has 2 rings (SSSR count). The summed E-state index contributed by atoms with van der Waals surface area (Å²) in [5.41, 5.74) is 0. The van der Waals surface area contributed by atoms with Gasteiger partial charge in [0.1, 0.15) is 12.3 Å². The molecule has 1 aliphatic rings. The van der Waals surface area contributed by atoms with Crippen LogP contribution in [0.5, 0.6) is 0 Å². The molecule has 5 heteroatoms. The fraction of sp³-hybridized carbons (Fsp3) is 0.571. The first kappa shape index (κ1) is 13.6. The van der Waals surface area contributed by atoms with Crippen LogP contribution in [0.25, 0.3) is 0 Å². The first-order valence-electron chi connectivity index (χ1n) is 6.56. The van der Waals surface area contributed by atoms with Crippen molar-refractivity contribution in [3.05, 3.63) is 23.7 Å². The van der Waals surface area contributed by atoms with Gasteiger partial charge < -0.3 is 14.1 Å². The molecular weight excluding hydrogens is 246 g/mol. The van der Waals surface area contributed by atoms with Crippen molar-refractivity contribution in [2.24, 2.45) is 0 Å². The van der Waals surface area contributed by atoms with E-state index in [1.165, 1.54) is 7.11 Å². The van der Waals surface area contributed by atoms with Gasteiger partial charge in [0.2, 0.25) is 0 Å². The third-order valence-electron chi connectivity index (χ3n) is 3.50. The van der Waals surface area contributed by atoms with Crippen LogP contribution in [0.4, 0.5) is 0 Å². The summed E-state index contributed by atoms with van der Waals surface area (Å²) < 4.78 is 10.0. The highest BCUT2D eigenvalue weighted by Crippen LogP contribution is 2.25. The number of rotatable bonds is 4. The van der Waals surface area contributed by atoms with Crippen LogP contribution in [0.3, 0.4) is 0 Å². The first-order chi connectivity index (χ1) is 9.11. The quantitative estimate of drug-likeness (QED) is 0.783. The van der Waals surface area contributed by atoms with E-state index in [1.807, 2.05) is 0 Å². The number of furan rings is 1. The van der Waals surface area contributed by atoms with E-state index < -0.39 is 5.97 Å². The number of ether oxygens (including phenoxy) is 1. The molecule has 1 saturated carbocycles. The van der Waals surface area contributed by atoms with Crippen molar-refractivity contribution in [1.82, 2.24) is 4.90 Å². The van der Waals surface area contributed by atoms with Gasteiger partial charge in [0, 0.05) is 6.04 Å². The Morgan fingerprint density at radius 2 is 2.05 bits per heavy atom. The molecule has 0 spiro atoms.